The van der Waals surface area contributed by atoms with Gasteiger partial charge in [0.2, 0.25) is 0 Å². The highest BCUT2D eigenvalue weighted by Crippen LogP contribution is 2.32. The van der Waals surface area contributed by atoms with Gasteiger partial charge in [-0.05, 0) is 22.0 Å². The average molecular weight is 243 g/mol. The van der Waals surface area contributed by atoms with Crippen molar-refractivity contribution in [3.63, 3.8) is 0 Å². The van der Waals surface area contributed by atoms with Crippen molar-refractivity contribution < 1.29 is 13.9 Å². The highest BCUT2D eigenvalue weighted by atomic mass is 79.9. The van der Waals surface area contributed by atoms with Crippen LogP contribution in [0.25, 0.3) is 0 Å². The van der Waals surface area contributed by atoms with E-state index < -0.39 is 12.5 Å². The number of hydrogen-bond acceptors (Lipinski definition) is 2. The fourth-order valence-electron chi connectivity index (χ4n) is 0.593. The first-order chi connectivity index (χ1) is 5.06. The zero-order valence-electron chi connectivity index (χ0n) is 5.35. The topological polar surface area (TPSA) is 20.2 Å². The van der Waals surface area contributed by atoms with Crippen LogP contribution in [0.1, 0.15) is 5.56 Å². The molecule has 5 heteroatoms. The molecule has 0 fully saturated rings. The number of rotatable bonds is 2. The van der Waals surface area contributed by atoms with Crippen LogP contribution < -0.4 is 0 Å². The van der Waals surface area contributed by atoms with Gasteiger partial charge in [-0.25, -0.2) is 0 Å². The largest absolute Gasteiger partial charge is 0.390 e. The van der Waals surface area contributed by atoms with E-state index in [-0.39, 0.29) is 5.56 Å². The summed E-state index contributed by atoms with van der Waals surface area (Å²) in [5.74, 6) is -3.11. The normalized spacial score (nSPS) is 12.0. The maximum absolute atomic E-state index is 12.6. The summed E-state index contributed by atoms with van der Waals surface area (Å²) in [6.07, 6.45) is 0. The van der Waals surface area contributed by atoms with Gasteiger partial charge in [-0.1, -0.05) is 0 Å². The van der Waals surface area contributed by atoms with Crippen LogP contribution in [0.2, 0.25) is 0 Å². The first-order valence-electron chi connectivity index (χ1n) is 2.79. The molecular weight excluding hydrogens is 238 g/mol. The Hall–Kier alpha value is -0.000000000000000111. The van der Waals surface area contributed by atoms with Gasteiger partial charge in [-0.2, -0.15) is 8.78 Å². The molecule has 0 spiro atoms. The molecule has 0 amide bonds. The van der Waals surface area contributed by atoms with Gasteiger partial charge >= 0.3 is 0 Å². The second-order valence-electron chi connectivity index (χ2n) is 2.00. The summed E-state index contributed by atoms with van der Waals surface area (Å²) in [6, 6.07) is 1.31. The molecule has 0 aliphatic rings. The minimum atomic E-state index is -3.11. The van der Waals surface area contributed by atoms with Gasteiger partial charge in [0.1, 0.15) is 6.61 Å². The van der Waals surface area contributed by atoms with Gasteiger partial charge in [0.05, 0.1) is 3.79 Å². The van der Waals surface area contributed by atoms with Gasteiger partial charge < -0.3 is 5.11 Å². The Labute approximate surface area is 74.8 Å². The van der Waals surface area contributed by atoms with E-state index in [0.29, 0.717) is 3.79 Å². The van der Waals surface area contributed by atoms with E-state index in [0.717, 1.165) is 0 Å². The summed E-state index contributed by atoms with van der Waals surface area (Å²) in [6.45, 7) is -1.14. The summed E-state index contributed by atoms with van der Waals surface area (Å²) in [5, 5.41) is 9.62. The summed E-state index contributed by atoms with van der Waals surface area (Å²) >= 11 is 4.23. The lowest BCUT2D eigenvalue weighted by Gasteiger charge is -2.09. The molecule has 62 valence electrons. The molecule has 0 aromatic carbocycles. The predicted octanol–water partition coefficient (Wildman–Crippen LogP) is 2.59. The van der Waals surface area contributed by atoms with Crippen molar-refractivity contribution in [2.45, 2.75) is 5.92 Å². The average Bonchev–Trinajstić information content (AvgIpc) is 2.36. The molecule has 1 heterocycles. The van der Waals surface area contributed by atoms with Crippen LogP contribution in [0.15, 0.2) is 15.2 Å². The molecule has 0 aliphatic carbocycles. The lowest BCUT2D eigenvalue weighted by Crippen LogP contribution is -2.17. The van der Waals surface area contributed by atoms with Crippen LogP contribution >= 0.6 is 27.3 Å². The fourth-order valence-corrected chi connectivity index (χ4v) is 1.80. The first kappa shape index (κ1) is 9.09. The van der Waals surface area contributed by atoms with Crippen LogP contribution in [-0.4, -0.2) is 11.7 Å². The third kappa shape index (κ3) is 1.98. The highest BCUT2D eigenvalue weighted by molar-refractivity contribution is 9.11. The third-order valence-electron chi connectivity index (χ3n) is 1.19. The molecule has 11 heavy (non-hydrogen) atoms. The van der Waals surface area contributed by atoms with Crippen LogP contribution in [0, 0.1) is 0 Å². The van der Waals surface area contributed by atoms with Crippen LogP contribution in [0.5, 0.6) is 0 Å². The molecule has 1 N–H and O–H groups in total. The van der Waals surface area contributed by atoms with E-state index in [4.69, 9.17) is 5.11 Å². The van der Waals surface area contributed by atoms with Crippen LogP contribution in [-0.2, 0) is 5.92 Å². The van der Waals surface area contributed by atoms with E-state index in [2.05, 4.69) is 15.9 Å². The van der Waals surface area contributed by atoms with E-state index in [1.165, 1.54) is 22.8 Å². The fraction of sp³-hybridized carbons (Fsp3) is 0.333. The minimum Gasteiger partial charge on any atom is -0.390 e. The van der Waals surface area contributed by atoms with E-state index >= 15 is 0 Å². The summed E-state index contributed by atoms with van der Waals surface area (Å²) in [5.41, 5.74) is -0.142. The van der Waals surface area contributed by atoms with Gasteiger partial charge in [-0.15, -0.1) is 11.3 Å². The molecule has 0 saturated carbocycles. The van der Waals surface area contributed by atoms with Gasteiger partial charge in [-0.3, -0.25) is 0 Å². The lowest BCUT2D eigenvalue weighted by atomic mass is 10.2. The van der Waals surface area contributed by atoms with Crippen molar-refractivity contribution in [2.75, 3.05) is 6.61 Å². The van der Waals surface area contributed by atoms with Crippen molar-refractivity contribution in [3.05, 3.63) is 20.8 Å². The Morgan fingerprint density at radius 3 is 2.64 bits per heavy atom. The van der Waals surface area contributed by atoms with Crippen molar-refractivity contribution >= 4 is 27.3 Å². The zero-order valence-corrected chi connectivity index (χ0v) is 7.75. The Kier molecular flexibility index (Phi) is 2.61. The van der Waals surface area contributed by atoms with Gasteiger partial charge in [0, 0.05) is 10.9 Å². The SMILES string of the molecule is OCC(F)(F)c1csc(Br)c1. The Balaban J connectivity index is 2.92. The number of hydrogen-bond donors (Lipinski definition) is 1. The van der Waals surface area contributed by atoms with E-state index in [1.807, 2.05) is 0 Å². The molecule has 1 aromatic heterocycles. The lowest BCUT2D eigenvalue weighted by molar-refractivity contribution is -0.0553. The molecule has 0 unspecified atom stereocenters. The Morgan fingerprint density at radius 1 is 1.64 bits per heavy atom. The van der Waals surface area contributed by atoms with Crippen LogP contribution in [0.3, 0.4) is 0 Å². The first-order valence-corrected chi connectivity index (χ1v) is 4.47. The molecule has 0 aliphatic heterocycles. The van der Waals surface area contributed by atoms with Crippen molar-refractivity contribution in [1.82, 2.24) is 0 Å². The summed E-state index contributed by atoms with van der Waals surface area (Å²) in [7, 11) is 0. The van der Waals surface area contributed by atoms with Gasteiger partial charge in [0.25, 0.3) is 5.92 Å². The van der Waals surface area contributed by atoms with E-state index in [1.54, 1.807) is 0 Å². The van der Waals surface area contributed by atoms with Crippen molar-refractivity contribution in [2.24, 2.45) is 0 Å². The standard InChI is InChI=1S/C6H5BrF2OS/c7-5-1-4(2-11-5)6(8,9)3-10/h1-2,10H,3H2. The molecule has 0 saturated heterocycles. The molecule has 0 bridgehead atoms. The van der Waals surface area contributed by atoms with E-state index in [9.17, 15) is 8.78 Å². The Morgan fingerprint density at radius 2 is 2.27 bits per heavy atom. The highest BCUT2D eigenvalue weighted by Gasteiger charge is 2.31. The number of aliphatic hydroxyl groups excluding tert-OH is 1. The summed E-state index contributed by atoms with van der Waals surface area (Å²) in [4.78, 5) is 0. The molecule has 1 aromatic rings. The number of thiophene rings is 1. The minimum absolute atomic E-state index is 0.142. The predicted molar refractivity (Wildman–Crippen MR) is 43.0 cm³/mol. The Bertz CT molecular complexity index is 248. The van der Waals surface area contributed by atoms with Crippen LogP contribution in [0.4, 0.5) is 8.78 Å². The second-order valence-corrected chi connectivity index (χ2v) is 4.29. The second kappa shape index (κ2) is 3.16. The number of halogens is 3. The maximum atomic E-state index is 12.6. The monoisotopic (exact) mass is 242 g/mol. The number of aliphatic hydroxyl groups is 1. The van der Waals surface area contributed by atoms with Crippen molar-refractivity contribution in [3.8, 4) is 0 Å². The van der Waals surface area contributed by atoms with Crippen molar-refractivity contribution in [1.29, 1.82) is 0 Å². The van der Waals surface area contributed by atoms with Gasteiger partial charge in [0.15, 0.2) is 0 Å². The quantitative estimate of drug-likeness (QED) is 0.846. The zero-order chi connectivity index (χ0) is 8.48. The molecule has 0 atom stereocenters. The molecular formula is C6H5BrF2OS. The third-order valence-corrected chi connectivity index (χ3v) is 2.69. The maximum Gasteiger partial charge on any atom is 0.296 e. The number of alkyl halides is 2. The molecule has 1 nitrogen and oxygen atoms in total. The molecule has 0 radical (unpaired) electrons. The summed E-state index contributed by atoms with van der Waals surface area (Å²) < 4.78 is 25.9. The smallest absolute Gasteiger partial charge is 0.296 e. The molecule has 1 rings (SSSR count).